The van der Waals surface area contributed by atoms with Crippen LogP contribution in [0.5, 0.6) is 0 Å². The van der Waals surface area contributed by atoms with Crippen molar-refractivity contribution in [2.45, 2.75) is 39.2 Å². The van der Waals surface area contributed by atoms with Crippen molar-refractivity contribution in [2.75, 3.05) is 5.73 Å². The van der Waals surface area contributed by atoms with E-state index in [0.717, 1.165) is 18.5 Å². The van der Waals surface area contributed by atoms with Crippen molar-refractivity contribution in [3.8, 4) is 0 Å². The number of nitrogen functional groups attached to an aromatic ring is 1. The summed E-state index contributed by atoms with van der Waals surface area (Å²) in [6.07, 6.45) is 2.52. The molecule has 17 heavy (non-hydrogen) atoms. The maximum Gasteiger partial charge on any atom is 0.220 e. The second kappa shape index (κ2) is 4.78. The van der Waals surface area contributed by atoms with E-state index >= 15 is 0 Å². The van der Waals surface area contributed by atoms with Crippen LogP contribution < -0.4 is 11.1 Å². The molecule has 1 atom stereocenters. The highest BCUT2D eigenvalue weighted by molar-refractivity contribution is 5.77. The van der Waals surface area contributed by atoms with E-state index in [2.05, 4.69) is 25.2 Å². The molecule has 3 heteroatoms. The lowest BCUT2D eigenvalue weighted by atomic mass is 10.1. The van der Waals surface area contributed by atoms with Gasteiger partial charge in [0.25, 0.3) is 0 Å². The topological polar surface area (TPSA) is 55.1 Å². The summed E-state index contributed by atoms with van der Waals surface area (Å²) in [7, 11) is 0. The van der Waals surface area contributed by atoms with Crippen molar-refractivity contribution in [2.24, 2.45) is 5.92 Å². The first kappa shape index (κ1) is 12.0. The molecule has 1 aromatic carbocycles. The number of carbonyl (C=O) groups excluding carboxylic acids is 1. The van der Waals surface area contributed by atoms with Crippen LogP contribution >= 0.6 is 0 Å². The number of hydrogen-bond acceptors (Lipinski definition) is 2. The largest absolute Gasteiger partial charge is 0.398 e. The molecule has 1 aliphatic carbocycles. The monoisotopic (exact) mass is 232 g/mol. The molecule has 3 N–H and O–H groups in total. The average molecular weight is 232 g/mol. The van der Waals surface area contributed by atoms with E-state index in [-0.39, 0.29) is 11.9 Å². The predicted octanol–water partition coefficient (Wildman–Crippen LogP) is 2.42. The minimum absolute atomic E-state index is 0.139. The van der Waals surface area contributed by atoms with Gasteiger partial charge in [0.2, 0.25) is 5.91 Å². The quantitative estimate of drug-likeness (QED) is 0.786. The highest BCUT2D eigenvalue weighted by atomic mass is 16.1. The van der Waals surface area contributed by atoms with E-state index in [1.54, 1.807) is 0 Å². The van der Waals surface area contributed by atoms with Crippen LogP contribution in [0.3, 0.4) is 0 Å². The van der Waals surface area contributed by atoms with Gasteiger partial charge in [-0.1, -0.05) is 26.0 Å². The minimum atomic E-state index is 0.139. The van der Waals surface area contributed by atoms with Gasteiger partial charge in [-0.15, -0.1) is 0 Å². The van der Waals surface area contributed by atoms with Crippen molar-refractivity contribution in [3.63, 3.8) is 0 Å². The van der Waals surface area contributed by atoms with Gasteiger partial charge in [0.05, 0.1) is 6.04 Å². The Labute approximate surface area is 102 Å². The number of anilines is 1. The average Bonchev–Trinajstić information content (AvgIpc) is 2.62. The summed E-state index contributed by atoms with van der Waals surface area (Å²) < 4.78 is 0. The summed E-state index contributed by atoms with van der Waals surface area (Å²) in [4.78, 5) is 11.8. The summed E-state index contributed by atoms with van der Waals surface area (Å²) >= 11 is 0. The molecule has 1 aliphatic rings. The molecule has 92 valence electrons. The summed E-state index contributed by atoms with van der Waals surface area (Å²) in [6, 6.07) is 6.11. The third-order valence-corrected chi connectivity index (χ3v) is 3.24. The summed E-state index contributed by atoms with van der Waals surface area (Å²) in [5.41, 5.74) is 9.19. The Morgan fingerprint density at radius 2 is 2.29 bits per heavy atom. The van der Waals surface area contributed by atoms with Crippen LogP contribution in [0.25, 0.3) is 0 Å². The van der Waals surface area contributed by atoms with Crippen molar-refractivity contribution in [3.05, 3.63) is 29.3 Å². The molecule has 0 heterocycles. The first-order chi connectivity index (χ1) is 8.08. The minimum Gasteiger partial charge on any atom is -0.398 e. The van der Waals surface area contributed by atoms with E-state index in [9.17, 15) is 4.79 Å². The number of carbonyl (C=O) groups is 1. The number of amides is 1. The molecule has 2 rings (SSSR count). The fourth-order valence-corrected chi connectivity index (χ4v) is 2.46. The van der Waals surface area contributed by atoms with Crippen molar-refractivity contribution < 1.29 is 4.79 Å². The zero-order chi connectivity index (χ0) is 12.4. The summed E-state index contributed by atoms with van der Waals surface area (Å²) in [6.45, 7) is 4.11. The van der Waals surface area contributed by atoms with Gasteiger partial charge in [-0.2, -0.15) is 0 Å². The van der Waals surface area contributed by atoms with E-state index in [1.165, 1.54) is 11.1 Å². The van der Waals surface area contributed by atoms with Crippen LogP contribution in [0.2, 0.25) is 0 Å². The molecule has 0 aromatic heterocycles. The van der Waals surface area contributed by atoms with E-state index in [4.69, 9.17) is 5.73 Å². The fourth-order valence-electron chi connectivity index (χ4n) is 2.46. The van der Waals surface area contributed by atoms with Gasteiger partial charge in [-0.05, 0) is 36.0 Å². The summed E-state index contributed by atoms with van der Waals surface area (Å²) in [5.74, 6) is 0.539. The Morgan fingerprint density at radius 1 is 1.53 bits per heavy atom. The lowest BCUT2D eigenvalue weighted by Gasteiger charge is -2.15. The number of nitrogens with one attached hydrogen (secondary N) is 1. The zero-order valence-electron chi connectivity index (χ0n) is 10.5. The third-order valence-electron chi connectivity index (χ3n) is 3.24. The number of fused-ring (bicyclic) bond motifs is 1. The second-order valence-corrected chi connectivity index (χ2v) is 5.17. The number of hydrogen-bond donors (Lipinski definition) is 2. The molecule has 0 saturated carbocycles. The van der Waals surface area contributed by atoms with Gasteiger partial charge < -0.3 is 11.1 Å². The molecule has 0 radical (unpaired) electrons. The van der Waals surface area contributed by atoms with Gasteiger partial charge in [-0.25, -0.2) is 0 Å². The molecular weight excluding hydrogens is 212 g/mol. The standard InChI is InChI=1S/C14H20N2O/c1-9(2)8-14(17)16-13-7-6-10-11(13)4-3-5-12(10)15/h3-5,9,13H,6-8,15H2,1-2H3,(H,16,17). The van der Waals surface area contributed by atoms with Crippen LogP contribution in [-0.2, 0) is 11.2 Å². The first-order valence-electron chi connectivity index (χ1n) is 6.24. The van der Waals surface area contributed by atoms with Gasteiger partial charge in [0.1, 0.15) is 0 Å². The van der Waals surface area contributed by atoms with Gasteiger partial charge in [0, 0.05) is 12.1 Å². The maximum absolute atomic E-state index is 11.8. The highest BCUT2D eigenvalue weighted by Gasteiger charge is 2.25. The number of nitrogens with two attached hydrogens (primary N) is 1. The Bertz CT molecular complexity index is 426. The lowest BCUT2D eigenvalue weighted by Crippen LogP contribution is -2.27. The van der Waals surface area contributed by atoms with Gasteiger partial charge in [0.15, 0.2) is 0 Å². The number of rotatable bonds is 3. The summed E-state index contributed by atoms with van der Waals surface area (Å²) in [5, 5.41) is 3.10. The van der Waals surface area contributed by atoms with Crippen molar-refractivity contribution >= 4 is 11.6 Å². The first-order valence-corrected chi connectivity index (χ1v) is 6.24. The molecule has 1 unspecified atom stereocenters. The van der Waals surface area contributed by atoms with Gasteiger partial charge >= 0.3 is 0 Å². The molecule has 0 aliphatic heterocycles. The predicted molar refractivity (Wildman–Crippen MR) is 69.5 cm³/mol. The molecule has 0 spiro atoms. The fraction of sp³-hybridized carbons (Fsp3) is 0.500. The highest BCUT2D eigenvalue weighted by Crippen LogP contribution is 2.34. The molecule has 0 bridgehead atoms. The Morgan fingerprint density at radius 3 is 3.00 bits per heavy atom. The lowest BCUT2D eigenvalue weighted by molar-refractivity contribution is -0.122. The van der Waals surface area contributed by atoms with Crippen LogP contribution in [0.1, 0.15) is 43.9 Å². The van der Waals surface area contributed by atoms with Crippen LogP contribution in [0.15, 0.2) is 18.2 Å². The number of benzene rings is 1. The van der Waals surface area contributed by atoms with Crippen LogP contribution in [-0.4, -0.2) is 5.91 Å². The molecule has 0 saturated heterocycles. The zero-order valence-corrected chi connectivity index (χ0v) is 10.5. The third kappa shape index (κ3) is 2.60. The Hall–Kier alpha value is -1.51. The Kier molecular flexibility index (Phi) is 3.36. The van der Waals surface area contributed by atoms with Crippen LogP contribution in [0, 0.1) is 5.92 Å². The second-order valence-electron chi connectivity index (χ2n) is 5.17. The smallest absolute Gasteiger partial charge is 0.220 e. The molecule has 1 amide bonds. The van der Waals surface area contributed by atoms with E-state index < -0.39 is 0 Å². The SMILES string of the molecule is CC(C)CC(=O)NC1CCc2c(N)cccc21. The Balaban J connectivity index is 2.07. The molecule has 1 aromatic rings. The van der Waals surface area contributed by atoms with Crippen LogP contribution in [0.4, 0.5) is 5.69 Å². The van der Waals surface area contributed by atoms with Gasteiger partial charge in [-0.3, -0.25) is 4.79 Å². The molecule has 0 fully saturated rings. The van der Waals surface area contributed by atoms with Crippen molar-refractivity contribution in [1.29, 1.82) is 0 Å². The molecule has 3 nitrogen and oxygen atoms in total. The van der Waals surface area contributed by atoms with Crippen molar-refractivity contribution in [1.82, 2.24) is 5.32 Å². The molecular formula is C14H20N2O. The van der Waals surface area contributed by atoms with E-state index in [0.29, 0.717) is 12.3 Å². The maximum atomic E-state index is 11.8. The normalized spacial score (nSPS) is 18.2. The van der Waals surface area contributed by atoms with E-state index in [1.807, 2.05) is 12.1 Å².